The minimum absolute atomic E-state index is 0. The average molecular weight is 514 g/mol. The van der Waals surface area contributed by atoms with Gasteiger partial charge < -0.3 is 20.7 Å². The van der Waals surface area contributed by atoms with Crippen LogP contribution < -0.4 is 15.8 Å². The van der Waals surface area contributed by atoms with Crippen LogP contribution >= 0.6 is 24.0 Å². The van der Waals surface area contributed by atoms with Gasteiger partial charge in [0.25, 0.3) is 0 Å². The Balaban J connectivity index is 0.00000300. The first-order valence-electron chi connectivity index (χ1n) is 10.6. The molecule has 0 spiro atoms. The van der Waals surface area contributed by atoms with Crippen LogP contribution in [0.25, 0.3) is 0 Å². The van der Waals surface area contributed by atoms with Gasteiger partial charge in [-0.15, -0.1) is 24.0 Å². The third-order valence-corrected chi connectivity index (χ3v) is 5.75. The molecule has 1 aliphatic carbocycles. The lowest BCUT2D eigenvalue weighted by Gasteiger charge is -2.34. The molecule has 0 aromatic heterocycles. The zero-order valence-electron chi connectivity index (χ0n) is 17.4. The summed E-state index contributed by atoms with van der Waals surface area (Å²) in [7, 11) is 1.81. The first-order valence-corrected chi connectivity index (χ1v) is 10.6. The van der Waals surface area contributed by atoms with Crippen LogP contribution in [0.2, 0.25) is 0 Å². The van der Waals surface area contributed by atoms with Crippen molar-refractivity contribution in [2.75, 3.05) is 26.7 Å². The molecule has 7 heteroatoms. The summed E-state index contributed by atoms with van der Waals surface area (Å²) in [5, 5.41) is 3.46. The Morgan fingerprint density at radius 1 is 1.21 bits per heavy atom. The molecule has 6 nitrogen and oxygen atoms in total. The first-order chi connectivity index (χ1) is 13.6. The number of carbonyl (C=O) groups is 1. The summed E-state index contributed by atoms with van der Waals surface area (Å²) in [5.74, 6) is 2.01. The van der Waals surface area contributed by atoms with Crippen LogP contribution in [-0.2, 0) is 11.2 Å². The second kappa shape index (κ2) is 12.2. The molecule has 2 fully saturated rings. The molecule has 29 heavy (non-hydrogen) atoms. The van der Waals surface area contributed by atoms with Crippen LogP contribution in [0.4, 0.5) is 0 Å². The molecule has 1 saturated heterocycles. The van der Waals surface area contributed by atoms with Crippen LogP contribution in [0.5, 0.6) is 5.75 Å². The van der Waals surface area contributed by atoms with Crippen molar-refractivity contribution < 1.29 is 9.53 Å². The molecule has 2 aliphatic rings. The Morgan fingerprint density at radius 3 is 2.59 bits per heavy atom. The van der Waals surface area contributed by atoms with E-state index in [-0.39, 0.29) is 29.9 Å². The number of primary amides is 1. The lowest BCUT2D eigenvalue weighted by Crippen LogP contribution is -2.47. The van der Waals surface area contributed by atoms with Crippen LogP contribution in [0, 0.1) is 5.92 Å². The molecular formula is C22H35IN4O2. The molecular weight excluding hydrogens is 479 g/mol. The third-order valence-electron chi connectivity index (χ3n) is 5.75. The number of nitrogens with one attached hydrogen (secondary N) is 1. The monoisotopic (exact) mass is 514 g/mol. The zero-order chi connectivity index (χ0) is 19.8. The number of halogens is 1. The number of carbonyl (C=O) groups excluding carboxylic acids is 1. The highest BCUT2D eigenvalue weighted by atomic mass is 127. The number of nitrogens with zero attached hydrogens (tertiary/aromatic N) is 2. The molecule has 1 aromatic rings. The van der Waals surface area contributed by atoms with Crippen molar-refractivity contribution in [3.05, 3.63) is 29.8 Å². The predicted molar refractivity (Wildman–Crippen MR) is 128 cm³/mol. The number of ether oxygens (including phenoxy) is 1. The van der Waals surface area contributed by atoms with E-state index in [1.807, 2.05) is 7.05 Å². The molecule has 1 aliphatic heterocycles. The van der Waals surface area contributed by atoms with Crippen LogP contribution in [-0.4, -0.2) is 49.6 Å². The summed E-state index contributed by atoms with van der Waals surface area (Å²) in [5.41, 5.74) is 6.65. The minimum Gasteiger partial charge on any atom is -0.490 e. The van der Waals surface area contributed by atoms with Gasteiger partial charge in [0.1, 0.15) is 5.75 Å². The molecule has 1 amide bonds. The van der Waals surface area contributed by atoms with Crippen LogP contribution in [0.3, 0.4) is 0 Å². The quantitative estimate of drug-likeness (QED) is 0.333. The maximum atomic E-state index is 11.2. The van der Waals surface area contributed by atoms with E-state index >= 15 is 0 Å². The van der Waals surface area contributed by atoms with E-state index < -0.39 is 0 Å². The molecule has 0 bridgehead atoms. The van der Waals surface area contributed by atoms with Crippen molar-refractivity contribution in [2.45, 2.75) is 57.5 Å². The summed E-state index contributed by atoms with van der Waals surface area (Å²) in [4.78, 5) is 17.9. The zero-order valence-corrected chi connectivity index (χ0v) is 19.8. The highest BCUT2D eigenvalue weighted by Crippen LogP contribution is 2.24. The predicted octanol–water partition coefficient (Wildman–Crippen LogP) is 3.33. The molecule has 1 aromatic carbocycles. The first kappa shape index (κ1) is 23.8. The summed E-state index contributed by atoms with van der Waals surface area (Å²) in [6.45, 7) is 2.64. The van der Waals surface area contributed by atoms with Crippen molar-refractivity contribution in [3.8, 4) is 5.75 Å². The summed E-state index contributed by atoms with van der Waals surface area (Å²) in [6.07, 6.45) is 8.87. The molecule has 1 atom stereocenters. The molecule has 1 heterocycles. The Labute approximate surface area is 191 Å². The third kappa shape index (κ3) is 7.68. The van der Waals surface area contributed by atoms with E-state index in [2.05, 4.69) is 39.5 Å². The molecule has 0 radical (unpaired) electrons. The minimum atomic E-state index is -0.213. The number of piperidine rings is 1. The number of hydrogen-bond acceptors (Lipinski definition) is 3. The van der Waals surface area contributed by atoms with Gasteiger partial charge in [-0.1, -0.05) is 12.1 Å². The van der Waals surface area contributed by atoms with Gasteiger partial charge in [-0.3, -0.25) is 9.79 Å². The lowest BCUT2D eigenvalue weighted by molar-refractivity contribution is -0.119. The van der Waals surface area contributed by atoms with E-state index in [1.165, 1.54) is 31.2 Å². The average Bonchev–Trinajstić information content (AvgIpc) is 3.19. The fourth-order valence-electron chi connectivity index (χ4n) is 4.29. The fraction of sp³-hybridized carbons (Fsp3) is 0.636. The van der Waals surface area contributed by atoms with E-state index in [4.69, 9.17) is 10.5 Å². The van der Waals surface area contributed by atoms with E-state index in [1.54, 1.807) is 0 Å². The number of aliphatic imine (C=N–C) groups is 1. The van der Waals surface area contributed by atoms with E-state index in [9.17, 15) is 4.79 Å². The number of hydrogen-bond donors (Lipinski definition) is 2. The molecule has 3 rings (SSSR count). The number of likely N-dealkylation sites (tertiary alicyclic amines) is 1. The van der Waals surface area contributed by atoms with Crippen molar-refractivity contribution in [1.82, 2.24) is 10.2 Å². The van der Waals surface area contributed by atoms with Gasteiger partial charge >= 0.3 is 0 Å². The number of amides is 1. The van der Waals surface area contributed by atoms with Crippen molar-refractivity contribution in [1.29, 1.82) is 0 Å². The highest BCUT2D eigenvalue weighted by molar-refractivity contribution is 14.0. The van der Waals surface area contributed by atoms with Gasteiger partial charge in [-0.25, -0.2) is 0 Å². The van der Waals surface area contributed by atoms with E-state index in [0.717, 1.165) is 50.6 Å². The molecule has 1 saturated carbocycles. The largest absolute Gasteiger partial charge is 0.490 e. The second-order valence-corrected chi connectivity index (χ2v) is 8.02. The Morgan fingerprint density at radius 2 is 1.93 bits per heavy atom. The molecule has 162 valence electrons. The topological polar surface area (TPSA) is 80.0 Å². The number of benzene rings is 1. The van der Waals surface area contributed by atoms with Gasteiger partial charge in [0, 0.05) is 33.1 Å². The maximum Gasteiger partial charge on any atom is 0.217 e. The highest BCUT2D eigenvalue weighted by Gasteiger charge is 2.23. The van der Waals surface area contributed by atoms with E-state index in [0.29, 0.717) is 18.4 Å². The maximum absolute atomic E-state index is 11.2. The van der Waals surface area contributed by atoms with Gasteiger partial charge in [-0.2, -0.15) is 0 Å². The van der Waals surface area contributed by atoms with Crippen LogP contribution in [0.1, 0.15) is 50.5 Å². The standard InChI is InChI=1S/C22H34N4O2.HI/c1-24-22(26-14-4-5-18(16-26)15-21(23)27)25-13-12-17-8-10-20(11-9-17)28-19-6-2-3-7-19;/h8-11,18-19H,2-7,12-16H2,1H3,(H2,23,27)(H,24,25);1H. The van der Waals surface area contributed by atoms with Crippen LogP contribution in [0.15, 0.2) is 29.3 Å². The Kier molecular flexibility index (Phi) is 10.0. The molecule has 1 unspecified atom stereocenters. The van der Waals surface area contributed by atoms with Gasteiger partial charge in [0.15, 0.2) is 5.96 Å². The van der Waals surface area contributed by atoms with Gasteiger partial charge in [-0.05, 0) is 68.6 Å². The number of rotatable bonds is 7. The lowest BCUT2D eigenvalue weighted by atomic mass is 9.95. The Bertz CT molecular complexity index is 659. The Hall–Kier alpha value is -1.51. The van der Waals surface area contributed by atoms with Gasteiger partial charge in [0.05, 0.1) is 6.10 Å². The van der Waals surface area contributed by atoms with Crippen molar-refractivity contribution in [3.63, 3.8) is 0 Å². The smallest absolute Gasteiger partial charge is 0.217 e. The molecule has 3 N–H and O–H groups in total. The second-order valence-electron chi connectivity index (χ2n) is 8.02. The summed E-state index contributed by atoms with van der Waals surface area (Å²) >= 11 is 0. The fourth-order valence-corrected chi connectivity index (χ4v) is 4.29. The SMILES string of the molecule is CN=C(NCCc1ccc(OC2CCCC2)cc1)N1CCCC(CC(N)=O)C1.I. The normalized spacial score (nSPS) is 20.2. The number of guanidine groups is 1. The summed E-state index contributed by atoms with van der Waals surface area (Å²) < 4.78 is 6.03. The van der Waals surface area contributed by atoms with Crippen molar-refractivity contribution >= 4 is 35.8 Å². The van der Waals surface area contributed by atoms with Crippen molar-refractivity contribution in [2.24, 2.45) is 16.6 Å². The number of nitrogens with two attached hydrogens (primary N) is 1. The summed E-state index contributed by atoms with van der Waals surface area (Å²) in [6, 6.07) is 8.47. The van der Waals surface area contributed by atoms with Gasteiger partial charge in [0.2, 0.25) is 5.91 Å².